The SMILES string of the molecule is COc1cc(OC)cc(C(O)C(C)C)c1. The van der Waals surface area contributed by atoms with E-state index in [1.54, 1.807) is 20.3 Å². The molecule has 15 heavy (non-hydrogen) atoms. The molecule has 0 amide bonds. The Hall–Kier alpha value is -1.22. The standard InChI is InChI=1S/C12H18O3/c1-8(2)12(13)9-5-10(14-3)7-11(6-9)15-4/h5-8,12-13H,1-4H3. The quantitative estimate of drug-likeness (QED) is 0.829. The lowest BCUT2D eigenvalue weighted by atomic mass is 9.99. The summed E-state index contributed by atoms with van der Waals surface area (Å²) in [4.78, 5) is 0. The molecule has 0 saturated heterocycles. The maximum Gasteiger partial charge on any atom is 0.122 e. The number of benzene rings is 1. The van der Waals surface area contributed by atoms with E-state index >= 15 is 0 Å². The molecule has 0 heterocycles. The van der Waals surface area contributed by atoms with Crippen LogP contribution in [0.4, 0.5) is 0 Å². The van der Waals surface area contributed by atoms with E-state index in [1.807, 2.05) is 26.0 Å². The van der Waals surface area contributed by atoms with E-state index in [2.05, 4.69) is 0 Å². The van der Waals surface area contributed by atoms with Crippen molar-refractivity contribution in [2.45, 2.75) is 20.0 Å². The van der Waals surface area contributed by atoms with Crippen molar-refractivity contribution in [3.8, 4) is 11.5 Å². The van der Waals surface area contributed by atoms with Crippen LogP contribution in [0.25, 0.3) is 0 Å². The predicted octanol–water partition coefficient (Wildman–Crippen LogP) is 2.39. The summed E-state index contributed by atoms with van der Waals surface area (Å²) >= 11 is 0. The Bertz CT molecular complexity index is 298. The molecule has 0 fully saturated rings. The lowest BCUT2D eigenvalue weighted by Crippen LogP contribution is -2.05. The van der Waals surface area contributed by atoms with Crippen LogP contribution in [0.5, 0.6) is 11.5 Å². The number of hydrogen-bond donors (Lipinski definition) is 1. The molecular formula is C12H18O3. The van der Waals surface area contributed by atoms with Crippen molar-refractivity contribution < 1.29 is 14.6 Å². The van der Waals surface area contributed by atoms with E-state index in [0.717, 1.165) is 5.56 Å². The fourth-order valence-corrected chi connectivity index (χ4v) is 1.39. The van der Waals surface area contributed by atoms with Gasteiger partial charge in [-0.05, 0) is 23.6 Å². The van der Waals surface area contributed by atoms with Gasteiger partial charge in [0.15, 0.2) is 0 Å². The largest absolute Gasteiger partial charge is 0.497 e. The van der Waals surface area contributed by atoms with E-state index in [-0.39, 0.29) is 5.92 Å². The summed E-state index contributed by atoms with van der Waals surface area (Å²) in [5.41, 5.74) is 0.821. The summed E-state index contributed by atoms with van der Waals surface area (Å²) in [5, 5.41) is 9.93. The van der Waals surface area contributed by atoms with Crippen LogP contribution in [0, 0.1) is 5.92 Å². The number of rotatable bonds is 4. The van der Waals surface area contributed by atoms with Crippen molar-refractivity contribution in [3.05, 3.63) is 23.8 Å². The number of ether oxygens (including phenoxy) is 2. The molecule has 0 radical (unpaired) electrons. The van der Waals surface area contributed by atoms with Crippen LogP contribution >= 0.6 is 0 Å². The second-order valence-electron chi connectivity index (χ2n) is 3.83. The Labute approximate surface area is 90.6 Å². The van der Waals surface area contributed by atoms with Crippen LogP contribution in [0.15, 0.2) is 18.2 Å². The van der Waals surface area contributed by atoms with Gasteiger partial charge in [0, 0.05) is 6.07 Å². The van der Waals surface area contributed by atoms with Gasteiger partial charge in [0.05, 0.1) is 20.3 Å². The van der Waals surface area contributed by atoms with Crippen LogP contribution in [-0.4, -0.2) is 19.3 Å². The zero-order valence-electron chi connectivity index (χ0n) is 9.65. The van der Waals surface area contributed by atoms with Gasteiger partial charge < -0.3 is 14.6 Å². The first-order valence-corrected chi connectivity index (χ1v) is 4.99. The molecule has 0 aromatic heterocycles. The van der Waals surface area contributed by atoms with E-state index in [9.17, 15) is 5.11 Å². The third-order valence-electron chi connectivity index (χ3n) is 2.35. The minimum absolute atomic E-state index is 0.168. The second-order valence-corrected chi connectivity index (χ2v) is 3.83. The highest BCUT2D eigenvalue weighted by Crippen LogP contribution is 2.29. The highest BCUT2D eigenvalue weighted by atomic mass is 16.5. The minimum atomic E-state index is -0.492. The van der Waals surface area contributed by atoms with Crippen LogP contribution in [-0.2, 0) is 0 Å². The summed E-state index contributed by atoms with van der Waals surface area (Å²) in [5.74, 6) is 1.56. The minimum Gasteiger partial charge on any atom is -0.497 e. The fraction of sp³-hybridized carbons (Fsp3) is 0.500. The van der Waals surface area contributed by atoms with Gasteiger partial charge in [0.1, 0.15) is 11.5 Å². The van der Waals surface area contributed by atoms with Crippen molar-refractivity contribution in [2.24, 2.45) is 5.92 Å². The van der Waals surface area contributed by atoms with Crippen LogP contribution in [0.1, 0.15) is 25.5 Å². The van der Waals surface area contributed by atoms with Crippen molar-refractivity contribution in [3.63, 3.8) is 0 Å². The van der Waals surface area contributed by atoms with Crippen molar-refractivity contribution in [1.82, 2.24) is 0 Å². The van der Waals surface area contributed by atoms with Crippen molar-refractivity contribution in [1.29, 1.82) is 0 Å². The number of hydrogen-bond acceptors (Lipinski definition) is 3. The molecule has 1 aromatic carbocycles. The highest BCUT2D eigenvalue weighted by Gasteiger charge is 2.14. The third kappa shape index (κ3) is 2.86. The van der Waals surface area contributed by atoms with Gasteiger partial charge in [-0.1, -0.05) is 13.8 Å². The van der Waals surface area contributed by atoms with Crippen LogP contribution < -0.4 is 9.47 Å². The van der Waals surface area contributed by atoms with E-state index in [1.165, 1.54) is 0 Å². The van der Waals surface area contributed by atoms with Crippen molar-refractivity contribution >= 4 is 0 Å². The number of methoxy groups -OCH3 is 2. The first-order valence-electron chi connectivity index (χ1n) is 4.99. The Balaban J connectivity index is 3.06. The van der Waals surface area contributed by atoms with Crippen molar-refractivity contribution in [2.75, 3.05) is 14.2 Å². The normalized spacial score (nSPS) is 12.7. The second kappa shape index (κ2) is 5.03. The summed E-state index contributed by atoms with van der Waals surface area (Å²) in [6, 6.07) is 5.44. The van der Waals surface area contributed by atoms with Crippen LogP contribution in [0.3, 0.4) is 0 Å². The molecule has 1 aromatic rings. The third-order valence-corrected chi connectivity index (χ3v) is 2.35. The average Bonchev–Trinajstić information content (AvgIpc) is 2.27. The molecular weight excluding hydrogens is 192 g/mol. The van der Waals surface area contributed by atoms with Gasteiger partial charge in [-0.3, -0.25) is 0 Å². The average molecular weight is 210 g/mol. The molecule has 1 unspecified atom stereocenters. The maximum absolute atomic E-state index is 9.93. The molecule has 0 aliphatic heterocycles. The molecule has 0 spiro atoms. The van der Waals surface area contributed by atoms with Gasteiger partial charge in [-0.15, -0.1) is 0 Å². The number of aliphatic hydroxyl groups is 1. The molecule has 3 nitrogen and oxygen atoms in total. The van der Waals surface area contributed by atoms with Gasteiger partial charge in [0.25, 0.3) is 0 Å². The van der Waals surface area contributed by atoms with Crippen LogP contribution in [0.2, 0.25) is 0 Å². The summed E-state index contributed by atoms with van der Waals surface area (Å²) in [6.45, 7) is 3.94. The highest BCUT2D eigenvalue weighted by molar-refractivity contribution is 5.39. The Kier molecular flexibility index (Phi) is 3.97. The molecule has 3 heteroatoms. The molecule has 1 atom stereocenters. The zero-order valence-corrected chi connectivity index (χ0v) is 9.65. The fourth-order valence-electron chi connectivity index (χ4n) is 1.39. The lowest BCUT2D eigenvalue weighted by Gasteiger charge is -2.16. The van der Waals surface area contributed by atoms with Gasteiger partial charge >= 0.3 is 0 Å². The number of aliphatic hydroxyl groups excluding tert-OH is 1. The first kappa shape index (κ1) is 11.9. The maximum atomic E-state index is 9.93. The van der Waals surface area contributed by atoms with E-state index in [0.29, 0.717) is 11.5 Å². The molecule has 84 valence electrons. The smallest absolute Gasteiger partial charge is 0.122 e. The summed E-state index contributed by atoms with van der Waals surface area (Å²) < 4.78 is 10.3. The Morgan fingerprint density at radius 1 is 1.00 bits per heavy atom. The molecule has 0 aliphatic rings. The molecule has 1 rings (SSSR count). The summed E-state index contributed by atoms with van der Waals surface area (Å²) in [6.07, 6.45) is -0.492. The topological polar surface area (TPSA) is 38.7 Å². The van der Waals surface area contributed by atoms with Gasteiger partial charge in [0.2, 0.25) is 0 Å². The molecule has 0 saturated carbocycles. The van der Waals surface area contributed by atoms with E-state index < -0.39 is 6.10 Å². The summed E-state index contributed by atoms with van der Waals surface area (Å²) in [7, 11) is 3.20. The first-order chi connectivity index (χ1) is 7.08. The Morgan fingerprint density at radius 3 is 1.80 bits per heavy atom. The molecule has 1 N–H and O–H groups in total. The predicted molar refractivity (Wildman–Crippen MR) is 59.3 cm³/mol. The molecule has 0 aliphatic carbocycles. The Morgan fingerprint density at radius 2 is 1.47 bits per heavy atom. The monoisotopic (exact) mass is 210 g/mol. The lowest BCUT2D eigenvalue weighted by molar-refractivity contribution is 0.126. The van der Waals surface area contributed by atoms with Gasteiger partial charge in [-0.25, -0.2) is 0 Å². The molecule has 0 bridgehead atoms. The van der Waals surface area contributed by atoms with E-state index in [4.69, 9.17) is 9.47 Å². The van der Waals surface area contributed by atoms with Gasteiger partial charge in [-0.2, -0.15) is 0 Å². The zero-order chi connectivity index (χ0) is 11.4.